The van der Waals surface area contributed by atoms with Crippen molar-refractivity contribution < 1.29 is 19.5 Å². The lowest BCUT2D eigenvalue weighted by molar-refractivity contribution is -0.119. The first-order valence-corrected chi connectivity index (χ1v) is 5.05. The van der Waals surface area contributed by atoms with Gasteiger partial charge in [0.25, 0.3) is 11.8 Å². The van der Waals surface area contributed by atoms with E-state index < -0.39 is 17.8 Å². The van der Waals surface area contributed by atoms with Crippen molar-refractivity contribution >= 4 is 34.3 Å². The standard InChI is InChI=1S/C9H6N2O4S/c1-4-7(9(14)15)8(16-10-4)11-5(12)2-3-6(11)13/h2-3H,1H3,(H,14,15). The van der Waals surface area contributed by atoms with E-state index in [0.717, 1.165) is 28.6 Å². The quantitative estimate of drug-likeness (QED) is 0.761. The lowest BCUT2D eigenvalue weighted by Crippen LogP contribution is -2.30. The summed E-state index contributed by atoms with van der Waals surface area (Å²) >= 11 is 0.823. The highest BCUT2D eigenvalue weighted by molar-refractivity contribution is 7.11. The molecule has 16 heavy (non-hydrogen) atoms. The first kappa shape index (κ1) is 10.5. The number of hydrogen-bond acceptors (Lipinski definition) is 5. The van der Waals surface area contributed by atoms with Crippen LogP contribution in [0.5, 0.6) is 0 Å². The Kier molecular flexibility index (Phi) is 2.31. The Morgan fingerprint density at radius 3 is 2.44 bits per heavy atom. The van der Waals surface area contributed by atoms with Crippen LogP contribution < -0.4 is 4.90 Å². The van der Waals surface area contributed by atoms with Gasteiger partial charge in [-0.2, -0.15) is 4.37 Å². The molecule has 0 atom stereocenters. The van der Waals surface area contributed by atoms with Gasteiger partial charge in [0.2, 0.25) is 0 Å². The molecule has 1 aliphatic rings. The summed E-state index contributed by atoms with van der Waals surface area (Å²) in [5.41, 5.74) is 0.190. The molecule has 0 fully saturated rings. The van der Waals surface area contributed by atoms with Gasteiger partial charge in [0.15, 0.2) is 0 Å². The second kappa shape index (κ2) is 3.53. The topological polar surface area (TPSA) is 87.6 Å². The van der Waals surface area contributed by atoms with E-state index in [9.17, 15) is 14.4 Å². The Hall–Kier alpha value is -2.02. The summed E-state index contributed by atoms with van der Waals surface area (Å²) in [5.74, 6) is -2.29. The smallest absolute Gasteiger partial charge is 0.340 e. The molecule has 0 unspecified atom stereocenters. The highest BCUT2D eigenvalue weighted by Crippen LogP contribution is 2.30. The molecule has 1 aliphatic heterocycles. The number of carboxylic acid groups (broad SMARTS) is 1. The Balaban J connectivity index is 2.53. The molecule has 0 aromatic carbocycles. The Bertz CT molecular complexity index is 514. The molecule has 7 heteroatoms. The van der Waals surface area contributed by atoms with Crippen molar-refractivity contribution in [1.29, 1.82) is 0 Å². The number of carbonyl (C=O) groups is 3. The number of imide groups is 1. The van der Waals surface area contributed by atoms with E-state index in [1.165, 1.54) is 6.92 Å². The average Bonchev–Trinajstić information content (AvgIpc) is 2.70. The number of carboxylic acids is 1. The maximum atomic E-state index is 11.4. The number of nitrogens with zero attached hydrogens (tertiary/aromatic N) is 2. The lowest BCUT2D eigenvalue weighted by Gasteiger charge is -2.11. The van der Waals surface area contributed by atoms with E-state index >= 15 is 0 Å². The number of aryl methyl sites for hydroxylation is 1. The molecule has 82 valence electrons. The Morgan fingerprint density at radius 2 is 1.94 bits per heavy atom. The normalized spacial score (nSPS) is 14.9. The fourth-order valence-electron chi connectivity index (χ4n) is 1.36. The molecule has 0 saturated carbocycles. The first-order valence-electron chi connectivity index (χ1n) is 4.28. The molecule has 1 aromatic rings. The highest BCUT2D eigenvalue weighted by Gasteiger charge is 2.32. The number of rotatable bonds is 2. The van der Waals surface area contributed by atoms with E-state index in [-0.39, 0.29) is 10.6 Å². The molecule has 1 N–H and O–H groups in total. The number of hydrogen-bond donors (Lipinski definition) is 1. The summed E-state index contributed by atoms with van der Waals surface area (Å²) < 4.78 is 3.84. The van der Waals surface area contributed by atoms with E-state index in [2.05, 4.69) is 4.37 Å². The summed E-state index contributed by atoms with van der Waals surface area (Å²) in [4.78, 5) is 34.5. The molecular weight excluding hydrogens is 232 g/mol. The van der Waals surface area contributed by atoms with Gasteiger partial charge in [-0.15, -0.1) is 0 Å². The van der Waals surface area contributed by atoms with Gasteiger partial charge in [0.05, 0.1) is 5.69 Å². The van der Waals surface area contributed by atoms with Gasteiger partial charge in [-0.1, -0.05) is 0 Å². The minimum Gasteiger partial charge on any atom is -0.478 e. The minimum absolute atomic E-state index is 0.0602. The van der Waals surface area contributed by atoms with Crippen LogP contribution in [0.4, 0.5) is 5.00 Å². The van der Waals surface area contributed by atoms with Gasteiger partial charge < -0.3 is 5.11 Å². The van der Waals surface area contributed by atoms with Crippen LogP contribution >= 0.6 is 11.5 Å². The predicted molar refractivity (Wildman–Crippen MR) is 55.4 cm³/mol. The maximum Gasteiger partial charge on any atom is 0.340 e. The zero-order chi connectivity index (χ0) is 11.9. The van der Waals surface area contributed by atoms with E-state index in [1.807, 2.05) is 0 Å². The van der Waals surface area contributed by atoms with Crippen molar-refractivity contribution in [2.45, 2.75) is 6.92 Å². The van der Waals surface area contributed by atoms with Crippen molar-refractivity contribution in [2.24, 2.45) is 0 Å². The molecule has 0 saturated heterocycles. The van der Waals surface area contributed by atoms with Crippen LogP contribution in [0.1, 0.15) is 16.1 Å². The average molecular weight is 238 g/mol. The third kappa shape index (κ3) is 1.41. The molecule has 0 radical (unpaired) electrons. The van der Waals surface area contributed by atoms with Crippen LogP contribution in [0, 0.1) is 6.92 Å². The van der Waals surface area contributed by atoms with Gasteiger partial charge in [-0.3, -0.25) is 9.59 Å². The number of aromatic nitrogens is 1. The molecule has 2 heterocycles. The minimum atomic E-state index is -1.20. The van der Waals surface area contributed by atoms with Gasteiger partial charge in [0.1, 0.15) is 10.6 Å². The molecule has 0 bridgehead atoms. The molecule has 2 amide bonds. The van der Waals surface area contributed by atoms with Crippen LogP contribution in [0.25, 0.3) is 0 Å². The number of aromatic carboxylic acids is 1. The fourth-order valence-corrected chi connectivity index (χ4v) is 2.26. The Labute approximate surface area is 94.0 Å². The Morgan fingerprint density at radius 1 is 1.38 bits per heavy atom. The predicted octanol–water partition coefficient (Wildman–Crippen LogP) is 0.579. The summed E-state index contributed by atoms with van der Waals surface area (Å²) in [5, 5.41) is 9.03. The van der Waals surface area contributed by atoms with Crippen LogP contribution in [0.3, 0.4) is 0 Å². The number of amides is 2. The second-order valence-electron chi connectivity index (χ2n) is 3.10. The zero-order valence-corrected chi connectivity index (χ0v) is 8.95. The second-order valence-corrected chi connectivity index (χ2v) is 3.85. The van der Waals surface area contributed by atoms with Gasteiger partial charge in [-0.05, 0) is 18.5 Å². The van der Waals surface area contributed by atoms with Crippen molar-refractivity contribution in [3.8, 4) is 0 Å². The van der Waals surface area contributed by atoms with Crippen LogP contribution in [-0.2, 0) is 9.59 Å². The molecular formula is C9H6N2O4S. The molecule has 6 nitrogen and oxygen atoms in total. The maximum absolute atomic E-state index is 11.4. The summed E-state index contributed by atoms with van der Waals surface area (Å²) in [6.45, 7) is 1.52. The SMILES string of the molecule is Cc1nsc(N2C(=O)C=CC2=O)c1C(=O)O. The van der Waals surface area contributed by atoms with Crippen molar-refractivity contribution in [3.63, 3.8) is 0 Å². The van der Waals surface area contributed by atoms with Crippen molar-refractivity contribution in [1.82, 2.24) is 4.37 Å². The first-order chi connectivity index (χ1) is 7.52. The van der Waals surface area contributed by atoms with Crippen molar-refractivity contribution in [3.05, 3.63) is 23.4 Å². The summed E-state index contributed by atoms with van der Waals surface area (Å²) in [7, 11) is 0. The molecule has 2 rings (SSSR count). The third-order valence-electron chi connectivity index (χ3n) is 2.07. The van der Waals surface area contributed by atoms with Gasteiger partial charge in [0, 0.05) is 12.2 Å². The summed E-state index contributed by atoms with van der Waals surface area (Å²) in [6.07, 6.45) is 2.20. The molecule has 1 aromatic heterocycles. The lowest BCUT2D eigenvalue weighted by atomic mass is 10.2. The van der Waals surface area contributed by atoms with Gasteiger partial charge in [-0.25, -0.2) is 9.69 Å². The van der Waals surface area contributed by atoms with Gasteiger partial charge >= 0.3 is 5.97 Å². The van der Waals surface area contributed by atoms with Crippen LogP contribution in [0.15, 0.2) is 12.2 Å². The summed E-state index contributed by atoms with van der Waals surface area (Å²) in [6, 6.07) is 0. The third-order valence-corrected chi connectivity index (χ3v) is 3.00. The van der Waals surface area contributed by atoms with Crippen molar-refractivity contribution in [2.75, 3.05) is 4.90 Å². The highest BCUT2D eigenvalue weighted by atomic mass is 32.1. The zero-order valence-electron chi connectivity index (χ0n) is 8.13. The molecule has 0 aliphatic carbocycles. The largest absolute Gasteiger partial charge is 0.478 e. The van der Waals surface area contributed by atoms with E-state index in [1.54, 1.807) is 0 Å². The molecule has 0 spiro atoms. The monoisotopic (exact) mass is 238 g/mol. The fraction of sp³-hybridized carbons (Fsp3) is 0.111. The number of carbonyl (C=O) groups excluding carboxylic acids is 2. The van der Waals surface area contributed by atoms with Crippen LogP contribution in [-0.4, -0.2) is 27.3 Å². The van der Waals surface area contributed by atoms with Crippen LogP contribution in [0.2, 0.25) is 0 Å². The van der Waals surface area contributed by atoms with E-state index in [0.29, 0.717) is 5.69 Å². The number of anilines is 1. The van der Waals surface area contributed by atoms with E-state index in [4.69, 9.17) is 5.11 Å².